The van der Waals surface area contributed by atoms with Crippen molar-refractivity contribution in [2.75, 3.05) is 0 Å². The highest BCUT2D eigenvalue weighted by atomic mass is 16.1. The van der Waals surface area contributed by atoms with Crippen molar-refractivity contribution in [1.82, 2.24) is 0 Å². The maximum Gasteiger partial charge on any atom is 0.155 e. The van der Waals surface area contributed by atoms with Crippen LogP contribution in [-0.4, -0.2) is 5.78 Å². The predicted molar refractivity (Wildman–Crippen MR) is 46.3 cm³/mol. The molecule has 0 aromatic carbocycles. The normalized spacial score (nSPS) is 19.7. The fourth-order valence-electron chi connectivity index (χ4n) is 1.41. The van der Waals surface area contributed by atoms with Crippen molar-refractivity contribution < 1.29 is 4.79 Å². The monoisotopic (exact) mass is 150 g/mol. The van der Waals surface area contributed by atoms with E-state index in [1.807, 2.05) is 6.08 Å². The van der Waals surface area contributed by atoms with Crippen molar-refractivity contribution in [3.8, 4) is 0 Å². The van der Waals surface area contributed by atoms with Crippen molar-refractivity contribution >= 4 is 5.78 Å². The smallest absolute Gasteiger partial charge is 0.155 e. The van der Waals surface area contributed by atoms with Gasteiger partial charge in [-0.3, -0.25) is 4.79 Å². The van der Waals surface area contributed by atoms with Crippen LogP contribution in [0, 0.1) is 5.92 Å². The van der Waals surface area contributed by atoms with E-state index in [2.05, 4.69) is 13.5 Å². The zero-order valence-electron chi connectivity index (χ0n) is 6.97. The van der Waals surface area contributed by atoms with Gasteiger partial charge in [0.05, 0.1) is 0 Å². The van der Waals surface area contributed by atoms with E-state index in [0.717, 1.165) is 19.3 Å². The van der Waals surface area contributed by atoms with Gasteiger partial charge in [0.2, 0.25) is 0 Å². The molecule has 0 aliphatic heterocycles. The molecule has 11 heavy (non-hydrogen) atoms. The molecule has 0 amide bonds. The molecule has 0 saturated heterocycles. The maximum absolute atomic E-state index is 10.9. The summed E-state index contributed by atoms with van der Waals surface area (Å²) < 4.78 is 0. The SMILES string of the molecule is C=CCC(C)C1=CC(=O)CC1. The van der Waals surface area contributed by atoms with Gasteiger partial charge in [0.1, 0.15) is 0 Å². The predicted octanol–water partition coefficient (Wildman–Crippen LogP) is 2.49. The van der Waals surface area contributed by atoms with Crippen molar-refractivity contribution in [3.05, 3.63) is 24.3 Å². The number of carbonyl (C=O) groups excluding carboxylic acids is 1. The molecule has 0 aromatic heterocycles. The first-order valence-corrected chi connectivity index (χ1v) is 4.08. The Hall–Kier alpha value is -0.850. The quantitative estimate of drug-likeness (QED) is 0.565. The van der Waals surface area contributed by atoms with Gasteiger partial charge in [-0.1, -0.05) is 18.6 Å². The van der Waals surface area contributed by atoms with Crippen molar-refractivity contribution in [3.63, 3.8) is 0 Å². The first-order valence-electron chi connectivity index (χ1n) is 4.08. The third kappa shape index (κ3) is 2.04. The zero-order valence-corrected chi connectivity index (χ0v) is 6.97. The Balaban J connectivity index is 2.53. The van der Waals surface area contributed by atoms with Gasteiger partial charge in [0, 0.05) is 6.42 Å². The molecule has 1 aliphatic rings. The molecule has 0 spiro atoms. The molecule has 0 N–H and O–H groups in total. The number of carbonyl (C=O) groups is 1. The average molecular weight is 150 g/mol. The fraction of sp³-hybridized carbons (Fsp3) is 0.500. The van der Waals surface area contributed by atoms with E-state index < -0.39 is 0 Å². The minimum atomic E-state index is 0.288. The second kappa shape index (κ2) is 3.51. The Morgan fingerprint density at radius 3 is 2.91 bits per heavy atom. The first kappa shape index (κ1) is 8.25. The van der Waals surface area contributed by atoms with Crippen LogP contribution in [0.4, 0.5) is 0 Å². The van der Waals surface area contributed by atoms with E-state index in [1.54, 1.807) is 6.08 Å². The van der Waals surface area contributed by atoms with Crippen LogP contribution in [0.2, 0.25) is 0 Å². The second-order valence-corrected chi connectivity index (χ2v) is 3.11. The van der Waals surface area contributed by atoms with E-state index in [4.69, 9.17) is 0 Å². The average Bonchev–Trinajstić information content (AvgIpc) is 2.36. The summed E-state index contributed by atoms with van der Waals surface area (Å²) in [4.78, 5) is 10.9. The summed E-state index contributed by atoms with van der Waals surface area (Å²) in [5, 5.41) is 0. The standard InChI is InChI=1S/C10H14O/c1-3-4-8(2)9-5-6-10(11)7-9/h3,7-8H,1,4-6H2,2H3. The summed E-state index contributed by atoms with van der Waals surface area (Å²) in [7, 11) is 0. The topological polar surface area (TPSA) is 17.1 Å². The summed E-state index contributed by atoms with van der Waals surface area (Å²) in [6, 6.07) is 0. The van der Waals surface area contributed by atoms with Crippen molar-refractivity contribution in [1.29, 1.82) is 0 Å². The maximum atomic E-state index is 10.9. The van der Waals surface area contributed by atoms with Gasteiger partial charge in [-0.15, -0.1) is 6.58 Å². The molecular weight excluding hydrogens is 136 g/mol. The lowest BCUT2D eigenvalue weighted by Gasteiger charge is -2.08. The summed E-state index contributed by atoms with van der Waals surface area (Å²) in [5.74, 6) is 0.801. The van der Waals surface area contributed by atoms with Gasteiger partial charge in [0.25, 0.3) is 0 Å². The van der Waals surface area contributed by atoms with E-state index in [1.165, 1.54) is 5.57 Å². The fourth-order valence-corrected chi connectivity index (χ4v) is 1.41. The lowest BCUT2D eigenvalue weighted by molar-refractivity contribution is -0.114. The number of hydrogen-bond donors (Lipinski definition) is 0. The van der Waals surface area contributed by atoms with E-state index >= 15 is 0 Å². The van der Waals surface area contributed by atoms with Gasteiger partial charge in [0.15, 0.2) is 5.78 Å². The van der Waals surface area contributed by atoms with E-state index in [9.17, 15) is 4.79 Å². The van der Waals surface area contributed by atoms with Gasteiger partial charge in [-0.05, 0) is 24.8 Å². The Kier molecular flexibility index (Phi) is 2.64. The van der Waals surface area contributed by atoms with Gasteiger partial charge in [-0.25, -0.2) is 0 Å². The minimum absolute atomic E-state index is 0.288. The molecule has 0 bridgehead atoms. The van der Waals surface area contributed by atoms with Crippen LogP contribution in [0.3, 0.4) is 0 Å². The largest absolute Gasteiger partial charge is 0.295 e. The summed E-state index contributed by atoms with van der Waals surface area (Å²) in [5.41, 5.74) is 1.30. The highest BCUT2D eigenvalue weighted by Gasteiger charge is 2.15. The Morgan fingerprint density at radius 1 is 1.73 bits per heavy atom. The van der Waals surface area contributed by atoms with E-state index in [-0.39, 0.29) is 5.78 Å². The van der Waals surface area contributed by atoms with Crippen LogP contribution >= 0.6 is 0 Å². The molecule has 1 nitrogen and oxygen atoms in total. The molecule has 0 radical (unpaired) electrons. The van der Waals surface area contributed by atoms with Crippen LogP contribution in [-0.2, 0) is 4.79 Å². The van der Waals surface area contributed by atoms with Crippen LogP contribution in [0.15, 0.2) is 24.3 Å². The number of allylic oxidation sites excluding steroid dienone is 3. The third-order valence-electron chi connectivity index (χ3n) is 2.16. The molecule has 0 aromatic rings. The van der Waals surface area contributed by atoms with Gasteiger partial charge >= 0.3 is 0 Å². The van der Waals surface area contributed by atoms with E-state index in [0.29, 0.717) is 5.92 Å². The third-order valence-corrected chi connectivity index (χ3v) is 2.16. The van der Waals surface area contributed by atoms with Crippen LogP contribution in [0.25, 0.3) is 0 Å². The number of ketones is 1. The molecule has 1 rings (SSSR count). The number of hydrogen-bond acceptors (Lipinski definition) is 1. The Labute approximate surface area is 67.8 Å². The Bertz CT molecular complexity index is 201. The van der Waals surface area contributed by atoms with Crippen molar-refractivity contribution in [2.24, 2.45) is 5.92 Å². The van der Waals surface area contributed by atoms with Crippen LogP contribution < -0.4 is 0 Å². The molecule has 1 atom stereocenters. The highest BCUT2D eigenvalue weighted by Crippen LogP contribution is 2.24. The molecule has 0 heterocycles. The molecule has 0 saturated carbocycles. The molecule has 0 fully saturated rings. The second-order valence-electron chi connectivity index (χ2n) is 3.11. The lowest BCUT2D eigenvalue weighted by atomic mass is 9.97. The molecule has 1 unspecified atom stereocenters. The molecular formula is C10H14O. The highest BCUT2D eigenvalue weighted by molar-refractivity contribution is 5.93. The van der Waals surface area contributed by atoms with Crippen molar-refractivity contribution in [2.45, 2.75) is 26.2 Å². The first-order chi connectivity index (χ1) is 5.24. The lowest BCUT2D eigenvalue weighted by Crippen LogP contribution is -1.94. The zero-order chi connectivity index (χ0) is 8.27. The molecule has 60 valence electrons. The van der Waals surface area contributed by atoms with Gasteiger partial charge < -0.3 is 0 Å². The molecule has 1 heteroatoms. The summed E-state index contributed by atoms with van der Waals surface area (Å²) in [6.45, 7) is 5.82. The summed E-state index contributed by atoms with van der Waals surface area (Å²) >= 11 is 0. The number of rotatable bonds is 3. The Morgan fingerprint density at radius 2 is 2.45 bits per heavy atom. The molecule has 1 aliphatic carbocycles. The summed E-state index contributed by atoms with van der Waals surface area (Å²) in [6.07, 6.45) is 6.38. The van der Waals surface area contributed by atoms with Crippen LogP contribution in [0.5, 0.6) is 0 Å². The van der Waals surface area contributed by atoms with Crippen LogP contribution in [0.1, 0.15) is 26.2 Å². The van der Waals surface area contributed by atoms with Gasteiger partial charge in [-0.2, -0.15) is 0 Å². The minimum Gasteiger partial charge on any atom is -0.295 e.